The Morgan fingerprint density at radius 1 is 1.45 bits per heavy atom. The minimum Gasteiger partial charge on any atom is -0.337 e. The fourth-order valence-electron chi connectivity index (χ4n) is 1.67. The van der Waals surface area contributed by atoms with Crippen LogP contribution in [-0.2, 0) is 9.84 Å². The van der Waals surface area contributed by atoms with Crippen LogP contribution in [0, 0.1) is 6.92 Å². The van der Waals surface area contributed by atoms with Crippen molar-refractivity contribution < 1.29 is 12.9 Å². The number of nitrogens with zero attached hydrogens (tertiary/aromatic N) is 3. The maximum atomic E-state index is 11.1. The van der Waals surface area contributed by atoms with Crippen LogP contribution in [0.1, 0.15) is 23.9 Å². The molecule has 0 fully saturated rings. The zero-order valence-corrected chi connectivity index (χ0v) is 12.1. The number of pyridine rings is 1. The summed E-state index contributed by atoms with van der Waals surface area (Å²) < 4.78 is 27.3. The van der Waals surface area contributed by atoms with E-state index in [0.29, 0.717) is 11.5 Å². The molecule has 0 aliphatic rings. The fraction of sp³-hybridized carbons (Fsp3) is 0.417. The van der Waals surface area contributed by atoms with Crippen LogP contribution in [0.25, 0.3) is 11.5 Å². The predicted molar refractivity (Wildman–Crippen MR) is 73.5 cm³/mol. The molecule has 2 rings (SSSR count). The Kier molecular flexibility index (Phi) is 4.15. The smallest absolute Gasteiger partial charge is 0.243 e. The summed E-state index contributed by atoms with van der Waals surface area (Å²) >= 11 is 0. The van der Waals surface area contributed by atoms with E-state index in [4.69, 9.17) is 10.3 Å². The third kappa shape index (κ3) is 3.61. The number of sulfone groups is 1. The second-order valence-corrected chi connectivity index (χ2v) is 6.91. The lowest BCUT2D eigenvalue weighted by molar-refractivity contribution is 0.352. The Bertz CT molecular complexity index is 696. The van der Waals surface area contributed by atoms with Crippen molar-refractivity contribution in [1.29, 1.82) is 0 Å². The number of hydrogen-bond donors (Lipinski definition) is 1. The molecule has 0 aliphatic heterocycles. The molecule has 0 saturated heterocycles. The molecule has 1 unspecified atom stereocenters. The van der Waals surface area contributed by atoms with Crippen molar-refractivity contribution in [2.75, 3.05) is 12.0 Å². The van der Waals surface area contributed by atoms with Crippen molar-refractivity contribution in [2.24, 2.45) is 5.73 Å². The van der Waals surface area contributed by atoms with E-state index in [0.717, 1.165) is 11.8 Å². The summed E-state index contributed by atoms with van der Waals surface area (Å²) in [5.74, 6) is 0.552. The zero-order valence-electron chi connectivity index (χ0n) is 11.3. The topological polar surface area (TPSA) is 112 Å². The molecule has 2 N–H and O–H groups in total. The first-order chi connectivity index (χ1) is 9.37. The lowest BCUT2D eigenvalue weighted by Gasteiger charge is -2.04. The lowest BCUT2D eigenvalue weighted by atomic mass is 10.2. The molecule has 0 radical (unpaired) electrons. The Morgan fingerprint density at radius 3 is 2.85 bits per heavy atom. The first-order valence-electron chi connectivity index (χ1n) is 6.06. The van der Waals surface area contributed by atoms with E-state index in [2.05, 4.69) is 15.1 Å². The Labute approximate surface area is 117 Å². The van der Waals surface area contributed by atoms with Gasteiger partial charge in [0.15, 0.2) is 0 Å². The van der Waals surface area contributed by atoms with Crippen LogP contribution < -0.4 is 5.73 Å². The molecule has 0 amide bonds. The van der Waals surface area contributed by atoms with Gasteiger partial charge in [0.05, 0.1) is 11.8 Å². The van der Waals surface area contributed by atoms with Crippen LogP contribution >= 0.6 is 0 Å². The van der Waals surface area contributed by atoms with Gasteiger partial charge in [-0.3, -0.25) is 4.98 Å². The van der Waals surface area contributed by atoms with Crippen molar-refractivity contribution in [3.63, 3.8) is 0 Å². The predicted octanol–water partition coefficient (Wildman–Crippen LogP) is 0.875. The highest BCUT2D eigenvalue weighted by molar-refractivity contribution is 7.90. The largest absolute Gasteiger partial charge is 0.337 e. The molecule has 0 spiro atoms. The van der Waals surface area contributed by atoms with E-state index in [1.165, 1.54) is 0 Å². The van der Waals surface area contributed by atoms with Crippen molar-refractivity contribution in [1.82, 2.24) is 15.1 Å². The quantitative estimate of drug-likeness (QED) is 0.871. The van der Waals surface area contributed by atoms with Crippen LogP contribution in [0.4, 0.5) is 0 Å². The number of hydrogen-bond acceptors (Lipinski definition) is 7. The molecule has 8 heteroatoms. The molecule has 0 aromatic carbocycles. The van der Waals surface area contributed by atoms with Crippen molar-refractivity contribution in [3.8, 4) is 11.5 Å². The Balaban J connectivity index is 2.15. The van der Waals surface area contributed by atoms with E-state index < -0.39 is 15.9 Å². The molecule has 2 aromatic heterocycles. The summed E-state index contributed by atoms with van der Waals surface area (Å²) in [6.07, 6.45) is 3.04. The van der Waals surface area contributed by atoms with Gasteiger partial charge in [0.1, 0.15) is 15.5 Å². The molecular formula is C12H16N4O3S. The first kappa shape index (κ1) is 14.6. The van der Waals surface area contributed by atoms with Gasteiger partial charge in [-0.05, 0) is 25.0 Å². The molecule has 0 bridgehead atoms. The Morgan fingerprint density at radius 2 is 2.20 bits per heavy atom. The molecule has 20 heavy (non-hydrogen) atoms. The van der Waals surface area contributed by atoms with E-state index in [1.54, 1.807) is 6.20 Å². The van der Waals surface area contributed by atoms with Crippen molar-refractivity contribution in [2.45, 2.75) is 19.4 Å². The minimum atomic E-state index is -3.06. The second kappa shape index (κ2) is 5.68. The standard InChI is InChI=1S/C12H16N4O3S/c1-8-4-3-6-14-10(8)11-15-12(19-16-11)9(13)5-7-20(2,17)18/h3-4,6,9H,5,7,13H2,1-2H3. The third-order valence-corrected chi connectivity index (χ3v) is 3.76. The van der Waals surface area contributed by atoms with E-state index in [1.807, 2.05) is 19.1 Å². The van der Waals surface area contributed by atoms with E-state index in [9.17, 15) is 8.42 Å². The summed E-state index contributed by atoms with van der Waals surface area (Å²) in [4.78, 5) is 8.37. The van der Waals surface area contributed by atoms with Gasteiger partial charge in [0.25, 0.3) is 0 Å². The molecule has 7 nitrogen and oxygen atoms in total. The number of aryl methyl sites for hydroxylation is 1. The van der Waals surface area contributed by atoms with Gasteiger partial charge in [-0.25, -0.2) is 8.42 Å². The summed E-state index contributed by atoms with van der Waals surface area (Å²) in [6, 6.07) is 3.11. The number of rotatable bonds is 5. The SMILES string of the molecule is Cc1cccnc1-c1noc(C(N)CCS(C)(=O)=O)n1. The molecule has 108 valence electrons. The van der Waals surface area contributed by atoms with Crippen LogP contribution in [0.3, 0.4) is 0 Å². The third-order valence-electron chi connectivity index (χ3n) is 2.78. The number of nitrogens with two attached hydrogens (primary N) is 1. The van der Waals surface area contributed by atoms with Crippen LogP contribution in [0.5, 0.6) is 0 Å². The maximum absolute atomic E-state index is 11.1. The maximum Gasteiger partial charge on any atom is 0.243 e. The van der Waals surface area contributed by atoms with Crippen LogP contribution in [0.15, 0.2) is 22.9 Å². The molecular weight excluding hydrogens is 280 g/mol. The number of aromatic nitrogens is 3. The van der Waals surface area contributed by atoms with Gasteiger partial charge < -0.3 is 10.3 Å². The monoisotopic (exact) mass is 296 g/mol. The molecule has 2 heterocycles. The Hall–Kier alpha value is -1.80. The molecule has 1 atom stereocenters. The zero-order chi connectivity index (χ0) is 14.8. The molecule has 0 aliphatic carbocycles. The highest BCUT2D eigenvalue weighted by atomic mass is 32.2. The van der Waals surface area contributed by atoms with Gasteiger partial charge in [0, 0.05) is 12.5 Å². The highest BCUT2D eigenvalue weighted by Gasteiger charge is 2.18. The average molecular weight is 296 g/mol. The summed E-state index contributed by atoms with van der Waals surface area (Å²) in [6.45, 7) is 1.89. The lowest BCUT2D eigenvalue weighted by Crippen LogP contribution is -2.16. The van der Waals surface area contributed by atoms with Gasteiger partial charge >= 0.3 is 0 Å². The van der Waals surface area contributed by atoms with Gasteiger partial charge in [-0.2, -0.15) is 4.98 Å². The highest BCUT2D eigenvalue weighted by Crippen LogP contribution is 2.20. The fourth-order valence-corrected chi connectivity index (χ4v) is 2.35. The molecule has 2 aromatic rings. The minimum absolute atomic E-state index is 0.0194. The molecule has 0 saturated carbocycles. The average Bonchev–Trinajstić information content (AvgIpc) is 2.85. The van der Waals surface area contributed by atoms with Crippen molar-refractivity contribution in [3.05, 3.63) is 29.8 Å². The van der Waals surface area contributed by atoms with Crippen LogP contribution in [-0.4, -0.2) is 35.6 Å². The van der Waals surface area contributed by atoms with Crippen molar-refractivity contribution >= 4 is 9.84 Å². The van der Waals surface area contributed by atoms with E-state index in [-0.39, 0.29) is 18.1 Å². The van der Waals surface area contributed by atoms with Gasteiger partial charge in [0.2, 0.25) is 11.7 Å². The van der Waals surface area contributed by atoms with Gasteiger partial charge in [-0.1, -0.05) is 11.2 Å². The van der Waals surface area contributed by atoms with Crippen LogP contribution in [0.2, 0.25) is 0 Å². The summed E-state index contributed by atoms with van der Waals surface area (Å²) in [5, 5.41) is 3.83. The summed E-state index contributed by atoms with van der Waals surface area (Å²) in [5.41, 5.74) is 7.39. The second-order valence-electron chi connectivity index (χ2n) is 4.65. The van der Waals surface area contributed by atoms with E-state index >= 15 is 0 Å². The summed E-state index contributed by atoms with van der Waals surface area (Å²) in [7, 11) is -3.06. The van der Waals surface area contributed by atoms with Gasteiger partial charge in [-0.15, -0.1) is 0 Å². The first-order valence-corrected chi connectivity index (χ1v) is 8.12. The normalized spacial score (nSPS) is 13.3.